The van der Waals surface area contributed by atoms with Gasteiger partial charge in [0.05, 0.1) is 9.92 Å². The van der Waals surface area contributed by atoms with E-state index in [4.69, 9.17) is 34.8 Å². The molecule has 0 atom stereocenters. The highest BCUT2D eigenvalue weighted by Crippen LogP contribution is 2.24. The number of benzene rings is 1. The molecule has 3 nitrogen and oxygen atoms in total. The summed E-state index contributed by atoms with van der Waals surface area (Å²) in [5, 5.41) is 0.0132. The fourth-order valence-corrected chi connectivity index (χ4v) is 2.26. The zero-order valence-corrected chi connectivity index (χ0v) is 11.2. The molecule has 0 amide bonds. The van der Waals surface area contributed by atoms with Crippen molar-refractivity contribution >= 4 is 50.4 Å². The van der Waals surface area contributed by atoms with Crippen molar-refractivity contribution < 1.29 is 13.2 Å². The van der Waals surface area contributed by atoms with Crippen LogP contribution in [0.4, 0.5) is 0 Å². The number of carbonyl (C=O) groups excluding carboxylic acids is 1. The summed E-state index contributed by atoms with van der Waals surface area (Å²) in [6, 6.07) is 3.77. The fourth-order valence-electron chi connectivity index (χ4n) is 1.04. The van der Waals surface area contributed by atoms with Crippen LogP contribution >= 0.6 is 34.8 Å². The summed E-state index contributed by atoms with van der Waals surface area (Å²) in [4.78, 5) is 10.2. The molecule has 0 N–H and O–H groups in total. The minimum Gasteiger partial charge on any atom is -0.291 e. The van der Waals surface area contributed by atoms with Crippen LogP contribution in [0.3, 0.4) is 0 Å². The molecule has 0 saturated heterocycles. The Morgan fingerprint density at radius 1 is 1.31 bits per heavy atom. The molecule has 0 radical (unpaired) electrons. The molecule has 0 fully saturated rings. The van der Waals surface area contributed by atoms with Gasteiger partial charge in [-0.05, 0) is 18.2 Å². The van der Waals surface area contributed by atoms with Crippen LogP contribution in [0.5, 0.6) is 0 Å². The molecule has 1 rings (SSSR count). The van der Waals surface area contributed by atoms with Gasteiger partial charge in [-0.1, -0.05) is 34.8 Å². The van der Waals surface area contributed by atoms with Gasteiger partial charge in [0.15, 0.2) is 20.5 Å². The number of alkyl halides is 2. The molecule has 0 aliphatic rings. The third kappa shape index (κ3) is 3.10. The number of ketones is 1. The van der Waals surface area contributed by atoms with Crippen LogP contribution in [0.1, 0.15) is 10.4 Å². The minimum absolute atomic E-state index is 0.0132. The summed E-state index contributed by atoms with van der Waals surface area (Å²) < 4.78 is 22.4. The lowest BCUT2D eigenvalue weighted by atomic mass is 10.1. The lowest BCUT2D eigenvalue weighted by Gasteiger charge is -2.05. The second-order valence-corrected chi connectivity index (χ2v) is 6.60. The Labute approximate surface area is 108 Å². The first-order valence-electron chi connectivity index (χ1n) is 4.05. The normalized spacial score (nSPS) is 11.8. The molecule has 0 aromatic heterocycles. The van der Waals surface area contributed by atoms with Crippen LogP contribution in [0, 0.1) is 0 Å². The molecule has 0 unspecified atom stereocenters. The molecule has 1 aromatic carbocycles. The SMILES string of the molecule is CS(=O)(=O)c1ccc(C(=O)C(Cl)Cl)c(Cl)c1. The maximum atomic E-state index is 11.4. The van der Waals surface area contributed by atoms with E-state index in [9.17, 15) is 13.2 Å². The van der Waals surface area contributed by atoms with E-state index in [1.165, 1.54) is 18.2 Å². The number of hydrogen-bond donors (Lipinski definition) is 0. The van der Waals surface area contributed by atoms with Gasteiger partial charge in [-0.3, -0.25) is 4.79 Å². The van der Waals surface area contributed by atoms with Crippen LogP contribution in [0.15, 0.2) is 23.1 Å². The summed E-state index contributed by atoms with van der Waals surface area (Å²) >= 11 is 16.6. The van der Waals surface area contributed by atoms with Crippen molar-refractivity contribution in [3.63, 3.8) is 0 Å². The second kappa shape index (κ2) is 4.92. The monoisotopic (exact) mass is 300 g/mol. The first kappa shape index (κ1) is 13.8. The molecule has 0 aliphatic carbocycles. The highest BCUT2D eigenvalue weighted by molar-refractivity contribution is 7.90. The van der Waals surface area contributed by atoms with Crippen molar-refractivity contribution in [2.24, 2.45) is 0 Å². The van der Waals surface area contributed by atoms with E-state index in [2.05, 4.69) is 0 Å². The summed E-state index contributed by atoms with van der Waals surface area (Å²) in [6.45, 7) is 0. The summed E-state index contributed by atoms with van der Waals surface area (Å²) in [5.74, 6) is -0.562. The molecule has 0 spiro atoms. The van der Waals surface area contributed by atoms with Crippen molar-refractivity contribution in [2.75, 3.05) is 6.26 Å². The van der Waals surface area contributed by atoms with Gasteiger partial charge in [0.1, 0.15) is 0 Å². The van der Waals surface area contributed by atoms with Gasteiger partial charge in [0.2, 0.25) is 0 Å². The van der Waals surface area contributed by atoms with Crippen LogP contribution in [0.2, 0.25) is 5.02 Å². The van der Waals surface area contributed by atoms with E-state index in [0.29, 0.717) is 0 Å². The maximum absolute atomic E-state index is 11.4. The first-order chi connectivity index (χ1) is 7.23. The van der Waals surface area contributed by atoms with E-state index in [1.54, 1.807) is 0 Å². The van der Waals surface area contributed by atoms with Crippen molar-refractivity contribution in [1.82, 2.24) is 0 Å². The van der Waals surface area contributed by atoms with Crippen molar-refractivity contribution in [3.05, 3.63) is 28.8 Å². The number of hydrogen-bond acceptors (Lipinski definition) is 3. The largest absolute Gasteiger partial charge is 0.291 e. The Morgan fingerprint density at radius 3 is 2.25 bits per heavy atom. The molecule has 1 aromatic rings. The smallest absolute Gasteiger partial charge is 0.197 e. The molecule has 88 valence electrons. The van der Waals surface area contributed by atoms with Gasteiger partial charge >= 0.3 is 0 Å². The van der Waals surface area contributed by atoms with Crippen LogP contribution in [-0.2, 0) is 9.84 Å². The third-order valence-corrected chi connectivity index (χ3v) is 3.65. The maximum Gasteiger partial charge on any atom is 0.197 e. The van der Waals surface area contributed by atoms with E-state index in [-0.39, 0.29) is 15.5 Å². The molecule has 0 aliphatic heterocycles. The predicted molar refractivity (Wildman–Crippen MR) is 64.4 cm³/mol. The van der Waals surface area contributed by atoms with Crippen molar-refractivity contribution in [2.45, 2.75) is 9.73 Å². The minimum atomic E-state index is -3.35. The number of rotatable bonds is 3. The zero-order chi connectivity index (χ0) is 12.5. The first-order valence-corrected chi connectivity index (χ1v) is 7.19. The van der Waals surface area contributed by atoms with Gasteiger partial charge in [-0.15, -0.1) is 0 Å². The molecular weight excluding hydrogens is 295 g/mol. The highest BCUT2D eigenvalue weighted by atomic mass is 35.5. The summed E-state index contributed by atoms with van der Waals surface area (Å²) in [5.41, 5.74) is 0.101. The van der Waals surface area contributed by atoms with E-state index < -0.39 is 20.5 Å². The Balaban J connectivity index is 3.26. The standard InChI is InChI=1S/C9H7Cl3O3S/c1-16(14,15)5-2-3-6(7(10)4-5)8(13)9(11)12/h2-4,9H,1H3. The van der Waals surface area contributed by atoms with Gasteiger partial charge in [-0.25, -0.2) is 8.42 Å². The number of Topliss-reactive ketones (excluding diaryl/α,β-unsaturated/α-hetero) is 1. The Bertz CT molecular complexity index is 523. The Kier molecular flexibility index (Phi) is 4.23. The molecular formula is C9H7Cl3O3S. The summed E-state index contributed by atoms with van der Waals surface area (Å²) in [7, 11) is -3.35. The summed E-state index contributed by atoms with van der Waals surface area (Å²) in [6.07, 6.45) is 1.05. The Morgan fingerprint density at radius 2 is 1.88 bits per heavy atom. The van der Waals surface area contributed by atoms with Crippen molar-refractivity contribution in [3.8, 4) is 0 Å². The topological polar surface area (TPSA) is 51.2 Å². The number of sulfone groups is 1. The lowest BCUT2D eigenvalue weighted by Crippen LogP contribution is -2.09. The fraction of sp³-hybridized carbons (Fsp3) is 0.222. The predicted octanol–water partition coefficient (Wildman–Crippen LogP) is 2.73. The third-order valence-electron chi connectivity index (χ3n) is 1.83. The average Bonchev–Trinajstić information content (AvgIpc) is 2.15. The van der Waals surface area contributed by atoms with E-state index in [1.807, 2.05) is 0 Å². The second-order valence-electron chi connectivity index (χ2n) is 3.08. The van der Waals surface area contributed by atoms with Crippen LogP contribution < -0.4 is 0 Å². The Hall–Kier alpha value is -0.290. The van der Waals surface area contributed by atoms with Crippen LogP contribution in [0.25, 0.3) is 0 Å². The quantitative estimate of drug-likeness (QED) is 0.637. The molecule has 0 saturated carbocycles. The number of carbonyl (C=O) groups is 1. The van der Waals surface area contributed by atoms with Gasteiger partial charge in [0, 0.05) is 11.8 Å². The van der Waals surface area contributed by atoms with Gasteiger partial charge in [0.25, 0.3) is 0 Å². The highest BCUT2D eigenvalue weighted by Gasteiger charge is 2.19. The lowest BCUT2D eigenvalue weighted by molar-refractivity contribution is 0.101. The van der Waals surface area contributed by atoms with E-state index >= 15 is 0 Å². The average molecular weight is 302 g/mol. The zero-order valence-electron chi connectivity index (χ0n) is 8.08. The van der Waals surface area contributed by atoms with Gasteiger partial charge in [-0.2, -0.15) is 0 Å². The van der Waals surface area contributed by atoms with Crippen LogP contribution in [-0.4, -0.2) is 25.3 Å². The van der Waals surface area contributed by atoms with Crippen molar-refractivity contribution in [1.29, 1.82) is 0 Å². The molecule has 0 heterocycles. The molecule has 7 heteroatoms. The van der Waals surface area contributed by atoms with Gasteiger partial charge < -0.3 is 0 Å². The number of halogens is 3. The van der Waals surface area contributed by atoms with E-state index in [0.717, 1.165) is 6.26 Å². The molecule has 16 heavy (non-hydrogen) atoms. The molecule has 0 bridgehead atoms.